The quantitative estimate of drug-likeness (QED) is 0.723. The lowest BCUT2D eigenvalue weighted by molar-refractivity contribution is 0.726. The minimum Gasteiger partial charge on any atom is -0.356 e. The third kappa shape index (κ3) is 2.44. The summed E-state index contributed by atoms with van der Waals surface area (Å²) < 4.78 is 0.867. The first-order valence-corrected chi connectivity index (χ1v) is 5.88. The molecule has 0 spiro atoms. The van der Waals surface area contributed by atoms with Gasteiger partial charge in [-0.3, -0.25) is 0 Å². The second kappa shape index (κ2) is 4.73. The smallest absolute Gasteiger partial charge is 0.133 e. The van der Waals surface area contributed by atoms with Crippen LogP contribution in [0.5, 0.6) is 0 Å². The van der Waals surface area contributed by atoms with Gasteiger partial charge in [0.2, 0.25) is 0 Å². The molecular formula is C10H14BrN3. The van der Waals surface area contributed by atoms with Crippen LogP contribution in [0.15, 0.2) is 17.0 Å². The number of hydrogen-bond donors (Lipinski definition) is 0. The van der Waals surface area contributed by atoms with E-state index >= 15 is 0 Å². The van der Waals surface area contributed by atoms with E-state index in [1.807, 2.05) is 6.07 Å². The molecule has 3 nitrogen and oxygen atoms in total. The summed E-state index contributed by atoms with van der Waals surface area (Å²) in [5.74, 6) is 1.05. The van der Waals surface area contributed by atoms with Crippen LogP contribution in [0.25, 0.3) is 0 Å². The van der Waals surface area contributed by atoms with Crippen molar-refractivity contribution in [1.82, 2.24) is 9.97 Å². The van der Waals surface area contributed by atoms with Crippen LogP contribution in [0.1, 0.15) is 25.7 Å². The van der Waals surface area contributed by atoms with E-state index < -0.39 is 0 Å². The Bertz CT molecular complexity index is 295. The SMILES string of the molecule is Brc1cc(N2CCCCCC2)ncn1. The average Bonchev–Trinajstić information content (AvgIpc) is 2.45. The van der Waals surface area contributed by atoms with Gasteiger partial charge >= 0.3 is 0 Å². The molecule has 1 aliphatic heterocycles. The Morgan fingerprint density at radius 1 is 1.07 bits per heavy atom. The molecule has 0 unspecified atom stereocenters. The number of rotatable bonds is 1. The van der Waals surface area contributed by atoms with Gasteiger partial charge in [0.25, 0.3) is 0 Å². The van der Waals surface area contributed by atoms with Crippen LogP contribution in [-0.4, -0.2) is 23.1 Å². The topological polar surface area (TPSA) is 29.0 Å². The minimum absolute atomic E-state index is 0.867. The van der Waals surface area contributed by atoms with Crippen molar-refractivity contribution in [2.75, 3.05) is 18.0 Å². The van der Waals surface area contributed by atoms with Crippen molar-refractivity contribution in [3.05, 3.63) is 17.0 Å². The summed E-state index contributed by atoms with van der Waals surface area (Å²) in [4.78, 5) is 10.7. The molecule has 4 heteroatoms. The van der Waals surface area contributed by atoms with Crippen LogP contribution in [0, 0.1) is 0 Å². The highest BCUT2D eigenvalue weighted by Crippen LogP contribution is 2.18. The number of hydrogen-bond acceptors (Lipinski definition) is 3. The van der Waals surface area contributed by atoms with E-state index in [-0.39, 0.29) is 0 Å². The number of aromatic nitrogens is 2. The maximum atomic E-state index is 4.29. The summed E-state index contributed by atoms with van der Waals surface area (Å²) in [6.45, 7) is 2.26. The fraction of sp³-hybridized carbons (Fsp3) is 0.600. The predicted octanol–water partition coefficient (Wildman–Crippen LogP) is 2.62. The van der Waals surface area contributed by atoms with Crippen molar-refractivity contribution in [3.8, 4) is 0 Å². The largest absolute Gasteiger partial charge is 0.356 e. The highest BCUT2D eigenvalue weighted by Gasteiger charge is 2.10. The van der Waals surface area contributed by atoms with E-state index in [1.54, 1.807) is 6.33 Å². The van der Waals surface area contributed by atoms with Crippen molar-refractivity contribution in [2.24, 2.45) is 0 Å². The molecule has 0 atom stereocenters. The molecular weight excluding hydrogens is 242 g/mol. The Morgan fingerprint density at radius 2 is 1.79 bits per heavy atom. The highest BCUT2D eigenvalue weighted by atomic mass is 79.9. The van der Waals surface area contributed by atoms with Gasteiger partial charge < -0.3 is 4.90 Å². The van der Waals surface area contributed by atoms with Gasteiger partial charge in [0, 0.05) is 19.2 Å². The summed E-state index contributed by atoms with van der Waals surface area (Å²) in [7, 11) is 0. The summed E-state index contributed by atoms with van der Waals surface area (Å²) in [6, 6.07) is 1.99. The van der Waals surface area contributed by atoms with E-state index in [2.05, 4.69) is 30.8 Å². The molecule has 0 N–H and O–H groups in total. The number of halogens is 1. The van der Waals surface area contributed by atoms with E-state index in [4.69, 9.17) is 0 Å². The highest BCUT2D eigenvalue weighted by molar-refractivity contribution is 9.10. The van der Waals surface area contributed by atoms with Gasteiger partial charge in [-0.2, -0.15) is 0 Å². The van der Waals surface area contributed by atoms with Crippen LogP contribution in [0.2, 0.25) is 0 Å². The van der Waals surface area contributed by atoms with Crippen molar-refractivity contribution in [2.45, 2.75) is 25.7 Å². The van der Waals surface area contributed by atoms with Crippen LogP contribution < -0.4 is 4.90 Å². The summed E-state index contributed by atoms with van der Waals surface area (Å²) >= 11 is 3.37. The Labute approximate surface area is 92.7 Å². The maximum Gasteiger partial charge on any atom is 0.133 e. The number of nitrogens with zero attached hydrogens (tertiary/aromatic N) is 3. The minimum atomic E-state index is 0.867. The predicted molar refractivity (Wildman–Crippen MR) is 60.4 cm³/mol. The van der Waals surface area contributed by atoms with E-state index in [0.29, 0.717) is 0 Å². The molecule has 0 saturated carbocycles. The molecule has 1 aromatic rings. The molecule has 76 valence electrons. The third-order valence-corrected chi connectivity index (χ3v) is 2.98. The van der Waals surface area contributed by atoms with Gasteiger partial charge in [0.15, 0.2) is 0 Å². The van der Waals surface area contributed by atoms with Crippen LogP contribution in [-0.2, 0) is 0 Å². The van der Waals surface area contributed by atoms with Gasteiger partial charge in [0.05, 0.1) is 0 Å². The lowest BCUT2D eigenvalue weighted by Gasteiger charge is -2.20. The van der Waals surface area contributed by atoms with E-state index in [0.717, 1.165) is 23.5 Å². The molecule has 2 rings (SSSR count). The Morgan fingerprint density at radius 3 is 2.43 bits per heavy atom. The molecule has 2 heterocycles. The Balaban J connectivity index is 2.12. The van der Waals surface area contributed by atoms with Gasteiger partial charge in [0.1, 0.15) is 16.7 Å². The van der Waals surface area contributed by atoms with Crippen LogP contribution >= 0.6 is 15.9 Å². The van der Waals surface area contributed by atoms with Gasteiger partial charge in [-0.05, 0) is 28.8 Å². The first-order chi connectivity index (χ1) is 6.86. The molecule has 0 radical (unpaired) electrons. The zero-order valence-corrected chi connectivity index (χ0v) is 9.70. The molecule has 0 aliphatic carbocycles. The zero-order chi connectivity index (χ0) is 9.80. The maximum absolute atomic E-state index is 4.29. The Kier molecular flexibility index (Phi) is 3.35. The first kappa shape index (κ1) is 9.90. The molecule has 0 aromatic carbocycles. The van der Waals surface area contributed by atoms with E-state index in [1.165, 1.54) is 25.7 Å². The summed E-state index contributed by atoms with van der Waals surface area (Å²) in [5.41, 5.74) is 0. The third-order valence-electron chi connectivity index (χ3n) is 2.55. The fourth-order valence-corrected chi connectivity index (χ4v) is 2.09. The van der Waals surface area contributed by atoms with Crippen LogP contribution in [0.4, 0.5) is 5.82 Å². The molecule has 1 aromatic heterocycles. The second-order valence-corrected chi connectivity index (χ2v) is 4.41. The summed E-state index contributed by atoms with van der Waals surface area (Å²) in [5, 5.41) is 0. The normalized spacial score (nSPS) is 17.9. The summed E-state index contributed by atoms with van der Waals surface area (Å²) in [6.07, 6.45) is 6.87. The molecule has 0 amide bonds. The van der Waals surface area contributed by atoms with Crippen molar-refractivity contribution >= 4 is 21.7 Å². The monoisotopic (exact) mass is 255 g/mol. The van der Waals surface area contributed by atoms with Gasteiger partial charge in [-0.15, -0.1) is 0 Å². The van der Waals surface area contributed by atoms with Gasteiger partial charge in [-0.1, -0.05) is 12.8 Å². The number of anilines is 1. The lowest BCUT2D eigenvalue weighted by atomic mass is 10.2. The molecule has 0 bridgehead atoms. The fourth-order valence-electron chi connectivity index (χ4n) is 1.80. The van der Waals surface area contributed by atoms with Crippen LogP contribution in [0.3, 0.4) is 0 Å². The standard InChI is InChI=1S/C10H14BrN3/c11-9-7-10(13-8-12-9)14-5-3-1-2-4-6-14/h7-8H,1-6H2. The van der Waals surface area contributed by atoms with E-state index in [9.17, 15) is 0 Å². The van der Waals surface area contributed by atoms with Gasteiger partial charge in [-0.25, -0.2) is 9.97 Å². The molecule has 14 heavy (non-hydrogen) atoms. The van der Waals surface area contributed by atoms with Crippen molar-refractivity contribution < 1.29 is 0 Å². The zero-order valence-electron chi connectivity index (χ0n) is 8.12. The average molecular weight is 256 g/mol. The Hall–Kier alpha value is -0.640. The lowest BCUT2D eigenvalue weighted by Crippen LogP contribution is -2.24. The first-order valence-electron chi connectivity index (χ1n) is 5.09. The molecule has 1 aliphatic rings. The second-order valence-electron chi connectivity index (χ2n) is 3.60. The molecule has 1 saturated heterocycles. The molecule has 1 fully saturated rings. The van der Waals surface area contributed by atoms with Crippen molar-refractivity contribution in [3.63, 3.8) is 0 Å². The van der Waals surface area contributed by atoms with Crippen molar-refractivity contribution in [1.29, 1.82) is 0 Å².